The summed E-state index contributed by atoms with van der Waals surface area (Å²) in [6, 6.07) is 10.2. The van der Waals surface area contributed by atoms with Crippen molar-refractivity contribution in [3.05, 3.63) is 54.1 Å². The third kappa shape index (κ3) is 3.31. The highest BCUT2D eigenvalue weighted by Crippen LogP contribution is 2.39. The Balaban J connectivity index is 1.65. The molecule has 0 bridgehead atoms. The van der Waals surface area contributed by atoms with Gasteiger partial charge in [0.25, 0.3) is 0 Å². The lowest BCUT2D eigenvalue weighted by Gasteiger charge is -2.22. The van der Waals surface area contributed by atoms with E-state index < -0.39 is 5.79 Å². The summed E-state index contributed by atoms with van der Waals surface area (Å²) >= 11 is 0. The van der Waals surface area contributed by atoms with Crippen LogP contribution in [0.15, 0.2) is 48.6 Å². The minimum Gasteiger partial charge on any atom is -0.353 e. The van der Waals surface area contributed by atoms with E-state index in [1.165, 1.54) is 0 Å². The van der Waals surface area contributed by atoms with E-state index in [1.54, 1.807) is 7.11 Å². The summed E-state index contributed by atoms with van der Waals surface area (Å²) < 4.78 is 23.0. The Bertz CT molecular complexity index is 549. The maximum atomic E-state index is 5.93. The number of allylic oxidation sites excluding steroid dienone is 2. The quantitative estimate of drug-likeness (QED) is 0.801. The van der Waals surface area contributed by atoms with Gasteiger partial charge in [-0.25, -0.2) is 0 Å². The lowest BCUT2D eigenvalue weighted by Crippen LogP contribution is -2.30. The molecule has 118 valence electrons. The summed E-state index contributed by atoms with van der Waals surface area (Å²) in [5, 5.41) is 0. The molecule has 4 heteroatoms. The highest BCUT2D eigenvalue weighted by molar-refractivity contribution is 5.50. The molecule has 2 heterocycles. The number of methoxy groups -OCH3 is 1. The highest BCUT2D eigenvalue weighted by atomic mass is 16.8. The van der Waals surface area contributed by atoms with Gasteiger partial charge in [0.15, 0.2) is 12.1 Å². The van der Waals surface area contributed by atoms with Gasteiger partial charge in [0.1, 0.15) is 18.3 Å². The van der Waals surface area contributed by atoms with Gasteiger partial charge in [0.2, 0.25) is 0 Å². The molecule has 0 N–H and O–H groups in total. The van der Waals surface area contributed by atoms with Gasteiger partial charge in [0, 0.05) is 7.11 Å². The average molecular weight is 302 g/mol. The fourth-order valence-corrected chi connectivity index (χ4v) is 2.84. The van der Waals surface area contributed by atoms with E-state index >= 15 is 0 Å². The van der Waals surface area contributed by atoms with Gasteiger partial charge in [-0.05, 0) is 19.4 Å². The first-order valence-electron chi connectivity index (χ1n) is 7.53. The van der Waals surface area contributed by atoms with E-state index in [0.29, 0.717) is 0 Å². The number of fused-ring (bicyclic) bond motifs is 1. The summed E-state index contributed by atoms with van der Waals surface area (Å²) in [7, 11) is 1.62. The Kier molecular flexibility index (Phi) is 4.45. The van der Waals surface area contributed by atoms with Crippen LogP contribution in [-0.2, 0) is 18.9 Å². The second kappa shape index (κ2) is 6.34. The van der Waals surface area contributed by atoms with Crippen LogP contribution in [0.25, 0.3) is 6.08 Å². The van der Waals surface area contributed by atoms with Crippen molar-refractivity contribution in [3.63, 3.8) is 0 Å². The molecule has 2 aliphatic heterocycles. The molecule has 4 nitrogen and oxygen atoms in total. The maximum Gasteiger partial charge on any atom is 0.187 e. The van der Waals surface area contributed by atoms with Crippen molar-refractivity contribution in [1.29, 1.82) is 0 Å². The molecule has 1 aromatic carbocycles. The van der Waals surface area contributed by atoms with Gasteiger partial charge in [-0.2, -0.15) is 0 Å². The molecule has 0 amide bonds. The Morgan fingerprint density at radius 3 is 2.50 bits per heavy atom. The Morgan fingerprint density at radius 1 is 1.05 bits per heavy atom. The van der Waals surface area contributed by atoms with E-state index in [9.17, 15) is 0 Å². The van der Waals surface area contributed by atoms with Crippen molar-refractivity contribution in [2.24, 2.45) is 0 Å². The predicted molar refractivity (Wildman–Crippen MR) is 84.1 cm³/mol. The van der Waals surface area contributed by atoms with Crippen LogP contribution < -0.4 is 0 Å². The summed E-state index contributed by atoms with van der Waals surface area (Å²) in [6.07, 6.45) is 7.12. The van der Waals surface area contributed by atoms with Gasteiger partial charge < -0.3 is 18.9 Å². The van der Waals surface area contributed by atoms with Crippen molar-refractivity contribution in [3.8, 4) is 0 Å². The van der Waals surface area contributed by atoms with E-state index in [1.807, 2.05) is 56.4 Å². The second-order valence-electron chi connectivity index (χ2n) is 5.92. The summed E-state index contributed by atoms with van der Waals surface area (Å²) in [4.78, 5) is 0. The highest BCUT2D eigenvalue weighted by Gasteiger charge is 2.54. The fourth-order valence-electron chi connectivity index (χ4n) is 2.84. The molecule has 0 aliphatic carbocycles. The third-order valence-electron chi connectivity index (χ3n) is 3.78. The fraction of sp³-hybridized carbons (Fsp3) is 0.444. The standard InChI is InChI=1S/C18H22O4/c1-18(2)21-15-14(20-17(19-3)16(15)22-18)12-8-7-11-13-9-5-4-6-10-13/h4-12,14-17H,1-3H3/b11-7+,12-8+/t14-,15?,16?,17+/m0/s1. The van der Waals surface area contributed by atoms with E-state index in [4.69, 9.17) is 18.9 Å². The number of benzene rings is 1. The second-order valence-corrected chi connectivity index (χ2v) is 5.92. The zero-order valence-electron chi connectivity index (χ0n) is 13.1. The first kappa shape index (κ1) is 15.4. The molecule has 2 aliphatic rings. The van der Waals surface area contributed by atoms with Crippen molar-refractivity contribution in [1.82, 2.24) is 0 Å². The lowest BCUT2D eigenvalue weighted by atomic mass is 10.1. The average Bonchev–Trinajstić information content (AvgIpc) is 2.98. The Hall–Kier alpha value is -1.46. The van der Waals surface area contributed by atoms with E-state index in [2.05, 4.69) is 12.1 Å². The number of hydrogen-bond donors (Lipinski definition) is 0. The molecule has 3 rings (SSSR count). The van der Waals surface area contributed by atoms with Gasteiger partial charge in [-0.3, -0.25) is 0 Å². The van der Waals surface area contributed by atoms with E-state index in [-0.39, 0.29) is 24.6 Å². The number of hydrogen-bond acceptors (Lipinski definition) is 4. The minimum absolute atomic E-state index is 0.138. The van der Waals surface area contributed by atoms with Gasteiger partial charge >= 0.3 is 0 Å². The molecular formula is C18H22O4. The number of rotatable bonds is 4. The summed E-state index contributed by atoms with van der Waals surface area (Å²) in [5.41, 5.74) is 1.16. The molecule has 4 atom stereocenters. The lowest BCUT2D eigenvalue weighted by molar-refractivity contribution is -0.221. The van der Waals surface area contributed by atoms with Crippen molar-refractivity contribution < 1.29 is 18.9 Å². The molecule has 0 aromatic heterocycles. The van der Waals surface area contributed by atoms with Crippen LogP contribution in [0.4, 0.5) is 0 Å². The van der Waals surface area contributed by atoms with Crippen LogP contribution in [0.2, 0.25) is 0 Å². The molecule has 0 saturated carbocycles. The SMILES string of the molecule is CO[C@@H]1O[C@@H](/C=C/C=C/c2ccccc2)C2OC(C)(C)OC21. The molecule has 1 aromatic rings. The predicted octanol–water partition coefficient (Wildman–Crippen LogP) is 3.15. The van der Waals surface area contributed by atoms with Crippen LogP contribution >= 0.6 is 0 Å². The topological polar surface area (TPSA) is 36.9 Å². The summed E-state index contributed by atoms with van der Waals surface area (Å²) in [6.45, 7) is 3.82. The van der Waals surface area contributed by atoms with Crippen LogP contribution in [0.1, 0.15) is 19.4 Å². The van der Waals surface area contributed by atoms with Crippen molar-refractivity contribution in [2.45, 2.75) is 44.2 Å². The molecule has 2 unspecified atom stereocenters. The largest absolute Gasteiger partial charge is 0.353 e. The normalized spacial score (nSPS) is 33.8. The van der Waals surface area contributed by atoms with Crippen LogP contribution in [0, 0.1) is 0 Å². The first-order valence-corrected chi connectivity index (χ1v) is 7.53. The molecule has 2 saturated heterocycles. The molecule has 22 heavy (non-hydrogen) atoms. The Morgan fingerprint density at radius 2 is 1.77 bits per heavy atom. The van der Waals surface area contributed by atoms with E-state index in [0.717, 1.165) is 5.56 Å². The first-order chi connectivity index (χ1) is 10.6. The zero-order valence-corrected chi connectivity index (χ0v) is 13.1. The van der Waals surface area contributed by atoms with Gasteiger partial charge in [-0.15, -0.1) is 0 Å². The number of ether oxygens (including phenoxy) is 4. The Labute approximate surface area is 131 Å². The van der Waals surface area contributed by atoms with Crippen LogP contribution in [0.3, 0.4) is 0 Å². The molecule has 2 fully saturated rings. The monoisotopic (exact) mass is 302 g/mol. The smallest absolute Gasteiger partial charge is 0.187 e. The van der Waals surface area contributed by atoms with Gasteiger partial charge in [0.05, 0.1) is 0 Å². The molecular weight excluding hydrogens is 280 g/mol. The van der Waals surface area contributed by atoms with Crippen LogP contribution in [-0.4, -0.2) is 37.5 Å². The third-order valence-corrected chi connectivity index (χ3v) is 3.78. The van der Waals surface area contributed by atoms with Crippen molar-refractivity contribution >= 4 is 6.08 Å². The van der Waals surface area contributed by atoms with Crippen LogP contribution in [0.5, 0.6) is 0 Å². The van der Waals surface area contributed by atoms with Crippen molar-refractivity contribution in [2.75, 3.05) is 7.11 Å². The molecule has 0 radical (unpaired) electrons. The minimum atomic E-state index is -0.595. The van der Waals surface area contributed by atoms with Gasteiger partial charge in [-0.1, -0.05) is 54.6 Å². The summed E-state index contributed by atoms with van der Waals surface area (Å²) in [5.74, 6) is -0.595. The zero-order chi connectivity index (χ0) is 15.6. The maximum absolute atomic E-state index is 5.93. The molecule has 0 spiro atoms.